The third-order valence-corrected chi connectivity index (χ3v) is 10.6. The van der Waals surface area contributed by atoms with Gasteiger partial charge in [0, 0.05) is 32.5 Å². The summed E-state index contributed by atoms with van der Waals surface area (Å²) in [5.74, 6) is -5.18. The van der Waals surface area contributed by atoms with Gasteiger partial charge >= 0.3 is 12.4 Å². The van der Waals surface area contributed by atoms with Gasteiger partial charge in [-0.15, -0.1) is 0 Å². The molecule has 5 aromatic rings. The number of nitrogens with zero attached hydrogens (tertiary/aromatic N) is 4. The number of carbonyl (C=O) groups is 6. The fourth-order valence-electron chi connectivity index (χ4n) is 5.98. The van der Waals surface area contributed by atoms with E-state index >= 15 is 0 Å². The van der Waals surface area contributed by atoms with E-state index in [9.17, 15) is 55.1 Å². The van der Waals surface area contributed by atoms with Crippen LogP contribution in [0.3, 0.4) is 0 Å². The number of aryl methyl sites for hydroxylation is 2. The quantitative estimate of drug-likeness (QED) is 0.0484. The van der Waals surface area contributed by atoms with Crippen molar-refractivity contribution in [3.63, 3.8) is 0 Å². The Hall–Kier alpha value is -6.74. The molecule has 0 spiro atoms. The Morgan fingerprint density at radius 1 is 0.500 bits per heavy atom. The summed E-state index contributed by atoms with van der Waals surface area (Å²) in [5, 5.41) is 23.6. The minimum Gasteiger partial charge on any atom is -0.324 e. The van der Waals surface area contributed by atoms with Crippen molar-refractivity contribution in [3.8, 4) is 0 Å². The zero-order chi connectivity index (χ0) is 50.4. The summed E-state index contributed by atoms with van der Waals surface area (Å²) in [4.78, 5) is 78.0. The summed E-state index contributed by atoms with van der Waals surface area (Å²) in [5.41, 5.74) is -2.48. The van der Waals surface area contributed by atoms with Crippen LogP contribution in [0.5, 0.6) is 0 Å². The molecule has 0 saturated carbocycles. The van der Waals surface area contributed by atoms with E-state index in [2.05, 4.69) is 41.7 Å². The Bertz CT molecular complexity index is 2740. The van der Waals surface area contributed by atoms with Crippen LogP contribution in [0, 0.1) is 13.8 Å². The third kappa shape index (κ3) is 13.2. The van der Waals surface area contributed by atoms with Crippen molar-refractivity contribution >= 4 is 116 Å². The summed E-state index contributed by atoms with van der Waals surface area (Å²) < 4.78 is 80.0. The molecule has 0 saturated heterocycles. The number of amides is 4. The van der Waals surface area contributed by atoms with Crippen molar-refractivity contribution in [1.29, 1.82) is 0 Å². The maximum absolute atomic E-state index is 13.4. The number of nitrogens with one attached hydrogen (secondary N) is 4. The lowest BCUT2D eigenvalue weighted by Crippen LogP contribution is -2.32. The second-order valence-electron chi connectivity index (χ2n) is 14.6. The van der Waals surface area contributed by atoms with Gasteiger partial charge < -0.3 is 21.3 Å². The molecule has 0 aromatic heterocycles. The highest BCUT2D eigenvalue weighted by molar-refractivity contribution is 6.35. The van der Waals surface area contributed by atoms with Gasteiger partial charge in [-0.25, -0.2) is 0 Å². The Morgan fingerprint density at radius 3 is 1.18 bits per heavy atom. The van der Waals surface area contributed by atoms with Crippen molar-refractivity contribution in [2.75, 3.05) is 21.3 Å². The minimum absolute atomic E-state index is 0.0497. The number of carbonyl (C=O) groups excluding carboxylic acids is 6. The summed E-state index contributed by atoms with van der Waals surface area (Å²) in [6.45, 7) is 5.25. The number of benzene rings is 5. The minimum atomic E-state index is -4.79. The number of Topliss-reactive ketones (excluding diaryl/α,β-unsaturated/α-hetero) is 2. The van der Waals surface area contributed by atoms with E-state index in [4.69, 9.17) is 46.4 Å². The van der Waals surface area contributed by atoms with Gasteiger partial charge in [0.15, 0.2) is 11.6 Å². The van der Waals surface area contributed by atoms with Gasteiger partial charge in [-0.3, -0.25) is 28.8 Å². The zero-order valence-electron chi connectivity index (χ0n) is 35.3. The van der Waals surface area contributed by atoms with E-state index in [1.165, 1.54) is 36.4 Å². The molecule has 4 amide bonds. The maximum Gasteiger partial charge on any atom is 0.417 e. The highest BCUT2D eigenvalue weighted by Crippen LogP contribution is 2.40. The molecule has 5 aromatic carbocycles. The number of hydrogen-bond acceptors (Lipinski definition) is 10. The van der Waals surface area contributed by atoms with E-state index in [-0.39, 0.29) is 55.3 Å². The van der Waals surface area contributed by atoms with E-state index in [1.54, 1.807) is 13.8 Å². The lowest BCUT2D eigenvalue weighted by atomic mass is 10.1. The molecule has 2 unspecified atom stereocenters. The van der Waals surface area contributed by atoms with Gasteiger partial charge in [-0.1, -0.05) is 58.5 Å². The molecule has 14 nitrogen and oxygen atoms in total. The van der Waals surface area contributed by atoms with Crippen LogP contribution >= 0.6 is 46.4 Å². The number of anilines is 4. The number of hydrogen-bond donors (Lipinski definition) is 4. The first-order valence-electron chi connectivity index (χ1n) is 19.2. The second kappa shape index (κ2) is 21.5. The number of rotatable bonds is 14. The average Bonchev–Trinajstić information content (AvgIpc) is 3.22. The molecule has 0 radical (unpaired) electrons. The molecule has 0 heterocycles. The first kappa shape index (κ1) is 52.2. The molecule has 0 fully saturated rings. The summed E-state index contributed by atoms with van der Waals surface area (Å²) in [6.07, 6.45) is -9.58. The van der Waals surface area contributed by atoms with Crippen molar-refractivity contribution < 1.29 is 55.1 Å². The molecule has 0 aliphatic carbocycles. The molecule has 4 N–H and O–H groups in total. The molecule has 0 aliphatic heterocycles. The number of halogens is 10. The predicted octanol–water partition coefficient (Wildman–Crippen LogP) is 12.8. The lowest BCUT2D eigenvalue weighted by Gasteiger charge is -2.16. The van der Waals surface area contributed by atoms with E-state index in [0.717, 1.165) is 62.4 Å². The molecule has 354 valence electrons. The molecule has 0 bridgehead atoms. The first-order valence-corrected chi connectivity index (χ1v) is 20.8. The number of alkyl halides is 6. The van der Waals surface area contributed by atoms with Crippen molar-refractivity contribution in [1.82, 2.24) is 0 Å². The van der Waals surface area contributed by atoms with Crippen molar-refractivity contribution in [2.24, 2.45) is 20.5 Å². The summed E-state index contributed by atoms with van der Waals surface area (Å²) >= 11 is 24.1. The summed E-state index contributed by atoms with van der Waals surface area (Å²) in [6, 6.07) is 12.5. The van der Waals surface area contributed by atoms with Crippen molar-refractivity contribution in [3.05, 3.63) is 138 Å². The smallest absolute Gasteiger partial charge is 0.324 e. The van der Waals surface area contributed by atoms with Gasteiger partial charge in [0.25, 0.3) is 23.6 Å². The summed E-state index contributed by atoms with van der Waals surface area (Å²) in [7, 11) is 0. The van der Waals surface area contributed by atoms with Gasteiger partial charge in [0.2, 0.25) is 12.1 Å². The zero-order valence-corrected chi connectivity index (χ0v) is 38.3. The second-order valence-corrected chi connectivity index (χ2v) is 16.2. The Morgan fingerprint density at radius 2 is 0.853 bits per heavy atom. The van der Waals surface area contributed by atoms with E-state index in [0.29, 0.717) is 11.1 Å². The molecule has 24 heteroatoms. The van der Waals surface area contributed by atoms with Gasteiger partial charge in [-0.2, -0.15) is 46.8 Å². The van der Waals surface area contributed by atoms with Crippen LogP contribution in [0.25, 0.3) is 0 Å². The maximum atomic E-state index is 13.4. The van der Waals surface area contributed by atoms with Crippen LogP contribution in [-0.2, 0) is 31.5 Å². The van der Waals surface area contributed by atoms with Crippen LogP contribution in [0.4, 0.5) is 60.5 Å². The number of azo groups is 2. The SMILES string of the molecule is CC(=O)C(N=Nc1cc(Cl)cc(C(=O)Nc2cccc(C(F)(F)F)c2Cl)c1)C(=O)Nc1cc(C)c(NC(=O)C(N=Nc2cc(Cl)cc(C(=O)Nc3cccc(C(F)(F)F)c3Cl)c2)C(C)=O)cc1C. The van der Waals surface area contributed by atoms with Crippen LogP contribution in [0.2, 0.25) is 20.1 Å². The Kier molecular flexibility index (Phi) is 16.5. The fraction of sp³-hybridized carbons (Fsp3) is 0.182. The molecular weight excluding hydrogens is 992 g/mol. The van der Waals surface area contributed by atoms with Gasteiger partial charge in [-0.05, 0) is 112 Å². The van der Waals surface area contributed by atoms with E-state index in [1.807, 2.05) is 0 Å². The van der Waals surface area contributed by atoms with Crippen LogP contribution in [0.15, 0.2) is 105 Å². The van der Waals surface area contributed by atoms with Crippen LogP contribution in [0.1, 0.15) is 56.8 Å². The molecular formula is C44H32Cl4F6N8O6. The topological polar surface area (TPSA) is 200 Å². The Labute approximate surface area is 401 Å². The fourth-order valence-corrected chi connectivity index (χ4v) is 7.00. The molecule has 68 heavy (non-hydrogen) atoms. The normalized spacial score (nSPS) is 12.7. The van der Waals surface area contributed by atoms with E-state index < -0.39 is 80.8 Å². The van der Waals surface area contributed by atoms with Gasteiger partial charge in [0.05, 0.1) is 43.9 Å². The highest BCUT2D eigenvalue weighted by Gasteiger charge is 2.35. The lowest BCUT2D eigenvalue weighted by molar-refractivity contribution is -0.138. The Balaban J connectivity index is 1.27. The third-order valence-electron chi connectivity index (χ3n) is 9.33. The molecule has 2 atom stereocenters. The molecule has 5 rings (SSSR count). The van der Waals surface area contributed by atoms with Crippen LogP contribution in [-0.4, -0.2) is 47.3 Å². The van der Waals surface area contributed by atoms with Gasteiger partial charge in [0.1, 0.15) is 0 Å². The molecule has 0 aliphatic rings. The first-order chi connectivity index (χ1) is 31.7. The largest absolute Gasteiger partial charge is 0.417 e. The average molecular weight is 1020 g/mol. The van der Waals surface area contributed by atoms with Crippen molar-refractivity contribution in [2.45, 2.75) is 52.1 Å². The highest BCUT2D eigenvalue weighted by atomic mass is 35.5. The standard InChI is InChI=1S/C44H32Cl4F6N8O6/c1-19-11-34(58-42(68)38(22(4)64)62-60-28-16-24(14-26(46)18-28)40(66)56-32-10-6-8-30(36(32)48)44(52,53)54)20(2)12-33(19)57-41(67)37(21(3)63)61-59-27-15-23(13-25(45)17-27)39(65)55-31-9-5-7-29(35(31)47)43(49,50)51/h5-18,37-38H,1-4H3,(H,55,65)(H,56,66)(H,57,67)(H,58,68). The number of ketones is 2. The van der Waals surface area contributed by atoms with Crippen LogP contribution < -0.4 is 21.3 Å². The predicted molar refractivity (Wildman–Crippen MR) is 243 cm³/mol. The monoisotopic (exact) mass is 1020 g/mol.